The number of hydrogen-bond acceptors (Lipinski definition) is 4. The fourth-order valence-electron chi connectivity index (χ4n) is 4.06. The van der Waals surface area contributed by atoms with Crippen molar-refractivity contribution in [3.8, 4) is 11.5 Å². The van der Waals surface area contributed by atoms with Gasteiger partial charge in [-0.25, -0.2) is 17.5 Å². The van der Waals surface area contributed by atoms with Gasteiger partial charge in [-0.2, -0.15) is 0 Å². The standard InChI is InChI=1S/C25H25FN2O4S/c1-31-24-12-6-10-20(25(24)32-2)22(21-14-27-23-11-4-3-9-19(21)23)15-28-33(29,30)16-17-7-5-8-18(26)13-17/h3-14,22,27-28H,15-16H2,1-2H3. The first kappa shape index (κ1) is 22.8. The molecule has 0 aliphatic carbocycles. The van der Waals surface area contributed by atoms with Crippen molar-refractivity contribution in [1.82, 2.24) is 9.71 Å². The number of benzene rings is 3. The van der Waals surface area contributed by atoms with Crippen LogP contribution in [0.4, 0.5) is 4.39 Å². The zero-order chi connectivity index (χ0) is 23.4. The van der Waals surface area contributed by atoms with Crippen LogP contribution in [0.5, 0.6) is 11.5 Å². The van der Waals surface area contributed by atoms with Crippen molar-refractivity contribution in [1.29, 1.82) is 0 Å². The van der Waals surface area contributed by atoms with Crippen LogP contribution >= 0.6 is 0 Å². The van der Waals surface area contributed by atoms with Crippen LogP contribution in [0.2, 0.25) is 0 Å². The Kier molecular flexibility index (Phi) is 6.67. The largest absolute Gasteiger partial charge is 0.493 e. The van der Waals surface area contributed by atoms with E-state index in [0.29, 0.717) is 17.1 Å². The summed E-state index contributed by atoms with van der Waals surface area (Å²) in [6.07, 6.45) is 1.88. The van der Waals surface area contributed by atoms with Crippen molar-refractivity contribution < 1.29 is 22.3 Å². The normalized spacial score (nSPS) is 12.6. The fraction of sp³-hybridized carbons (Fsp3) is 0.200. The van der Waals surface area contributed by atoms with Gasteiger partial charge in [0.25, 0.3) is 0 Å². The Bertz CT molecular complexity index is 1370. The van der Waals surface area contributed by atoms with Crippen LogP contribution in [-0.2, 0) is 15.8 Å². The van der Waals surface area contributed by atoms with Crippen molar-refractivity contribution in [3.63, 3.8) is 0 Å². The van der Waals surface area contributed by atoms with Crippen LogP contribution < -0.4 is 14.2 Å². The lowest BCUT2D eigenvalue weighted by molar-refractivity contribution is 0.350. The number of H-pyrrole nitrogens is 1. The number of aromatic nitrogens is 1. The lowest BCUT2D eigenvalue weighted by atomic mass is 9.90. The average molecular weight is 469 g/mol. The van der Waals surface area contributed by atoms with Crippen LogP contribution in [0.15, 0.2) is 72.9 Å². The van der Waals surface area contributed by atoms with Crippen molar-refractivity contribution in [2.24, 2.45) is 0 Å². The van der Waals surface area contributed by atoms with E-state index >= 15 is 0 Å². The first-order valence-electron chi connectivity index (χ1n) is 10.4. The summed E-state index contributed by atoms with van der Waals surface area (Å²) in [5.41, 5.74) is 3.03. The number of ether oxygens (including phenoxy) is 2. The van der Waals surface area contributed by atoms with E-state index in [9.17, 15) is 12.8 Å². The van der Waals surface area contributed by atoms with Crippen LogP contribution in [0.25, 0.3) is 10.9 Å². The first-order valence-corrected chi connectivity index (χ1v) is 12.1. The Morgan fingerprint density at radius 3 is 2.52 bits per heavy atom. The molecule has 0 spiro atoms. The summed E-state index contributed by atoms with van der Waals surface area (Å²) >= 11 is 0. The molecule has 2 N–H and O–H groups in total. The number of para-hydroxylation sites is 2. The van der Waals surface area contributed by atoms with E-state index in [4.69, 9.17) is 9.47 Å². The molecule has 4 aromatic rings. The van der Waals surface area contributed by atoms with E-state index in [1.54, 1.807) is 26.4 Å². The molecule has 0 aliphatic heterocycles. The predicted molar refractivity (Wildman–Crippen MR) is 127 cm³/mol. The van der Waals surface area contributed by atoms with Crippen molar-refractivity contribution in [2.45, 2.75) is 11.7 Å². The molecule has 0 aliphatic rings. The summed E-state index contributed by atoms with van der Waals surface area (Å²) in [5, 5.41) is 0.983. The number of nitrogens with one attached hydrogen (secondary N) is 2. The van der Waals surface area contributed by atoms with Gasteiger partial charge in [0.1, 0.15) is 5.82 Å². The Morgan fingerprint density at radius 2 is 1.76 bits per heavy atom. The molecule has 0 saturated heterocycles. The molecular formula is C25H25FN2O4S. The van der Waals surface area contributed by atoms with E-state index in [1.165, 1.54) is 18.2 Å². The van der Waals surface area contributed by atoms with Gasteiger partial charge in [0, 0.05) is 35.1 Å². The van der Waals surface area contributed by atoms with E-state index < -0.39 is 15.8 Å². The smallest absolute Gasteiger partial charge is 0.215 e. The second-order valence-corrected chi connectivity index (χ2v) is 9.47. The molecule has 33 heavy (non-hydrogen) atoms. The van der Waals surface area contributed by atoms with Gasteiger partial charge in [-0.05, 0) is 35.4 Å². The molecule has 6 nitrogen and oxygen atoms in total. The maximum absolute atomic E-state index is 13.5. The summed E-state index contributed by atoms with van der Waals surface area (Å²) in [6, 6.07) is 19.0. The number of sulfonamides is 1. The number of hydrogen-bond donors (Lipinski definition) is 2. The monoisotopic (exact) mass is 468 g/mol. The van der Waals surface area contributed by atoms with E-state index in [1.807, 2.05) is 42.6 Å². The molecular weight excluding hydrogens is 443 g/mol. The number of rotatable bonds is 9. The Hall–Kier alpha value is -3.36. The Balaban J connectivity index is 1.71. The molecule has 1 aromatic heterocycles. The zero-order valence-electron chi connectivity index (χ0n) is 18.3. The molecule has 1 atom stereocenters. The third kappa shape index (κ3) is 5.02. The predicted octanol–water partition coefficient (Wildman–Crippen LogP) is 4.58. The SMILES string of the molecule is COc1cccc(C(CNS(=O)(=O)Cc2cccc(F)c2)c2c[nH]c3ccccc23)c1OC. The summed E-state index contributed by atoms with van der Waals surface area (Å²) in [4.78, 5) is 3.26. The minimum atomic E-state index is -3.73. The van der Waals surface area contributed by atoms with Gasteiger partial charge in [0.05, 0.1) is 20.0 Å². The van der Waals surface area contributed by atoms with E-state index in [0.717, 1.165) is 22.0 Å². The first-order chi connectivity index (χ1) is 15.9. The molecule has 1 unspecified atom stereocenters. The van der Waals surface area contributed by atoms with Gasteiger partial charge < -0.3 is 14.5 Å². The van der Waals surface area contributed by atoms with Crippen molar-refractivity contribution in [2.75, 3.05) is 20.8 Å². The van der Waals surface area contributed by atoms with Gasteiger partial charge in [0.15, 0.2) is 11.5 Å². The third-order valence-electron chi connectivity index (χ3n) is 5.56. The quantitative estimate of drug-likeness (QED) is 0.377. The molecule has 172 valence electrons. The molecule has 0 bridgehead atoms. The van der Waals surface area contributed by atoms with Crippen LogP contribution in [0, 0.1) is 5.82 Å². The molecule has 8 heteroatoms. The Labute approximate surface area is 192 Å². The molecule has 0 radical (unpaired) electrons. The van der Waals surface area contributed by atoms with Crippen molar-refractivity contribution in [3.05, 3.63) is 95.4 Å². The van der Waals surface area contributed by atoms with Gasteiger partial charge in [0.2, 0.25) is 10.0 Å². The third-order valence-corrected chi connectivity index (χ3v) is 6.88. The number of methoxy groups -OCH3 is 2. The highest BCUT2D eigenvalue weighted by Crippen LogP contribution is 2.40. The minimum Gasteiger partial charge on any atom is -0.493 e. The summed E-state index contributed by atoms with van der Waals surface area (Å²) in [6.45, 7) is 0.0863. The highest BCUT2D eigenvalue weighted by atomic mass is 32.2. The lowest BCUT2D eigenvalue weighted by Crippen LogP contribution is -2.30. The maximum atomic E-state index is 13.5. The number of fused-ring (bicyclic) bond motifs is 1. The van der Waals surface area contributed by atoms with Crippen molar-refractivity contribution >= 4 is 20.9 Å². The lowest BCUT2D eigenvalue weighted by Gasteiger charge is -2.22. The Morgan fingerprint density at radius 1 is 0.970 bits per heavy atom. The minimum absolute atomic E-state index is 0.0863. The van der Waals surface area contributed by atoms with E-state index in [2.05, 4.69) is 9.71 Å². The van der Waals surface area contributed by atoms with Gasteiger partial charge >= 0.3 is 0 Å². The number of halogens is 1. The van der Waals surface area contributed by atoms with Crippen LogP contribution in [0.3, 0.4) is 0 Å². The molecule has 0 amide bonds. The van der Waals surface area contributed by atoms with Gasteiger partial charge in [-0.1, -0.05) is 42.5 Å². The van der Waals surface area contributed by atoms with Gasteiger partial charge in [-0.3, -0.25) is 0 Å². The second kappa shape index (κ2) is 9.64. The second-order valence-electron chi connectivity index (χ2n) is 7.66. The molecule has 1 heterocycles. The van der Waals surface area contributed by atoms with Gasteiger partial charge in [-0.15, -0.1) is 0 Å². The summed E-state index contributed by atoms with van der Waals surface area (Å²) in [7, 11) is -0.616. The molecule has 0 saturated carbocycles. The highest BCUT2D eigenvalue weighted by molar-refractivity contribution is 7.88. The number of aromatic amines is 1. The molecule has 3 aromatic carbocycles. The summed E-state index contributed by atoms with van der Waals surface area (Å²) in [5.74, 6) is -0.0586. The average Bonchev–Trinajstić information content (AvgIpc) is 3.22. The fourth-order valence-corrected chi connectivity index (χ4v) is 5.20. The van der Waals surface area contributed by atoms with Crippen LogP contribution in [0.1, 0.15) is 22.6 Å². The topological polar surface area (TPSA) is 80.4 Å². The zero-order valence-corrected chi connectivity index (χ0v) is 19.2. The molecule has 0 fully saturated rings. The molecule has 4 rings (SSSR count). The van der Waals surface area contributed by atoms with Crippen LogP contribution in [-0.4, -0.2) is 34.2 Å². The summed E-state index contributed by atoms with van der Waals surface area (Å²) < 4.78 is 53.1. The van der Waals surface area contributed by atoms with E-state index in [-0.39, 0.29) is 18.2 Å². The highest BCUT2D eigenvalue weighted by Gasteiger charge is 2.25. The maximum Gasteiger partial charge on any atom is 0.215 e.